The Morgan fingerprint density at radius 1 is 0.935 bits per heavy atom. The first kappa shape index (κ1) is 41.9. The molecular weight excluding hydrogens is 806 g/mol. The van der Waals surface area contributed by atoms with Crippen LogP contribution in [0.15, 0.2) is 42.6 Å². The van der Waals surface area contributed by atoms with Crippen molar-refractivity contribution in [2.75, 3.05) is 62.7 Å². The van der Waals surface area contributed by atoms with Crippen molar-refractivity contribution in [3.05, 3.63) is 75.7 Å². The molecule has 4 aromatic rings. The van der Waals surface area contributed by atoms with Gasteiger partial charge < -0.3 is 34.4 Å². The van der Waals surface area contributed by atoms with Crippen molar-refractivity contribution in [1.82, 2.24) is 40.1 Å². The number of carbonyl (C=O) groups is 2. The van der Waals surface area contributed by atoms with E-state index >= 15 is 0 Å². The molecule has 7 heterocycles. The highest BCUT2D eigenvalue weighted by Crippen LogP contribution is 2.40. The number of pyridine rings is 1. The van der Waals surface area contributed by atoms with E-state index in [0.717, 1.165) is 134 Å². The average Bonchev–Trinajstić information content (AvgIpc) is 3.68. The fourth-order valence-corrected chi connectivity index (χ4v) is 10.3. The normalized spacial score (nSPS) is 21.2. The van der Waals surface area contributed by atoms with Crippen molar-refractivity contribution in [2.45, 2.75) is 102 Å². The predicted molar refractivity (Wildman–Crippen MR) is 235 cm³/mol. The van der Waals surface area contributed by atoms with Gasteiger partial charge in [0.25, 0.3) is 5.91 Å². The zero-order valence-electron chi connectivity index (χ0n) is 35.8. The zero-order chi connectivity index (χ0) is 42.7. The molecule has 1 saturated carbocycles. The monoisotopic (exact) mass is 861 g/mol. The maximum atomic E-state index is 13.1. The van der Waals surface area contributed by atoms with Crippen LogP contribution in [-0.2, 0) is 24.2 Å². The highest BCUT2D eigenvalue weighted by atomic mass is 35.5. The maximum Gasteiger partial charge on any atom is 0.272 e. The highest BCUT2D eigenvalue weighted by molar-refractivity contribution is 6.31. The van der Waals surface area contributed by atoms with Crippen LogP contribution in [0.1, 0.15) is 104 Å². The van der Waals surface area contributed by atoms with E-state index < -0.39 is 0 Å². The number of amides is 2. The van der Waals surface area contributed by atoms with E-state index in [9.17, 15) is 9.59 Å². The number of ether oxygens (including phenoxy) is 2. The van der Waals surface area contributed by atoms with Crippen LogP contribution in [0, 0.1) is 17.2 Å². The topological polar surface area (TPSA) is 158 Å². The van der Waals surface area contributed by atoms with E-state index in [1.807, 2.05) is 23.2 Å². The Morgan fingerprint density at radius 3 is 2.45 bits per heavy atom. The number of rotatable bonds is 10. The predicted octanol–water partition coefficient (Wildman–Crippen LogP) is 6.26. The number of methoxy groups -OCH3 is 1. The molecule has 5 aliphatic rings. The fourth-order valence-electron chi connectivity index (χ4n) is 10.1. The molecule has 4 aliphatic heterocycles. The highest BCUT2D eigenvalue weighted by Gasteiger charge is 2.35. The van der Waals surface area contributed by atoms with Gasteiger partial charge in [0.2, 0.25) is 11.8 Å². The van der Waals surface area contributed by atoms with Crippen molar-refractivity contribution in [2.24, 2.45) is 5.92 Å². The molecule has 0 unspecified atom stereocenters. The third kappa shape index (κ3) is 9.04. The van der Waals surface area contributed by atoms with Crippen LogP contribution in [0.2, 0.25) is 5.02 Å². The number of hydrogen-bond donors (Lipinski definition) is 1. The van der Waals surface area contributed by atoms with Gasteiger partial charge in [0.05, 0.1) is 48.3 Å². The molecule has 0 atom stereocenters. The van der Waals surface area contributed by atoms with E-state index in [2.05, 4.69) is 45.9 Å². The lowest BCUT2D eigenvalue weighted by Gasteiger charge is -2.38. The van der Waals surface area contributed by atoms with Crippen LogP contribution >= 0.6 is 11.6 Å². The van der Waals surface area contributed by atoms with Crippen molar-refractivity contribution in [1.29, 1.82) is 5.26 Å². The van der Waals surface area contributed by atoms with Gasteiger partial charge in [0.15, 0.2) is 17.3 Å². The maximum absolute atomic E-state index is 13.1. The number of nitriles is 1. The molecule has 1 N–H and O–H groups in total. The molecule has 326 valence electrons. The molecule has 0 radical (unpaired) electrons. The Kier molecular flexibility index (Phi) is 12.5. The SMILES string of the molecule is COc1cc2c(cn1)N(c1nn(C3CCN(CC4CCN(c5ccc(C(=O)NC6CCC(Oc7ccc(C#N)c(Cl)c7)CC6)nn5)CC4)CC3)c3c1CN(C(C)=O)CC3)CCC2. The minimum Gasteiger partial charge on any atom is -0.490 e. The van der Waals surface area contributed by atoms with Crippen molar-refractivity contribution >= 4 is 40.7 Å². The number of hydrogen-bond acceptors (Lipinski definition) is 12. The minimum atomic E-state index is -0.200. The van der Waals surface area contributed by atoms with Gasteiger partial charge in [0.1, 0.15) is 11.8 Å². The number of aromatic nitrogens is 5. The second-order valence-electron chi connectivity index (χ2n) is 17.6. The number of nitrogens with one attached hydrogen (secondary N) is 1. The van der Waals surface area contributed by atoms with E-state index in [1.54, 1.807) is 38.3 Å². The largest absolute Gasteiger partial charge is 0.490 e. The van der Waals surface area contributed by atoms with Gasteiger partial charge in [-0.3, -0.25) is 14.3 Å². The first-order valence-corrected chi connectivity index (χ1v) is 22.7. The standard InChI is InChI=1S/C46H56ClN11O4/c1-30(59)56-23-17-41-38(29-56)45(57-18-3-4-32-24-44(61-2)49-27-42(32)57)53-58(41)35-15-19-54(20-16-35)28-31-13-21-55(22-14-31)43-12-11-40(51-52-43)46(60)50-34-6-9-36(10-7-34)62-37-8-5-33(26-48)39(47)25-37/h5,8,11-12,24-25,27,31,34-36H,3-4,6-7,9-10,13-23,28-29H2,1-2H3,(H,50,60). The van der Waals surface area contributed by atoms with Crippen LogP contribution in [0.25, 0.3) is 0 Å². The summed E-state index contributed by atoms with van der Waals surface area (Å²) in [6.07, 6.45) is 12.3. The molecule has 15 nitrogen and oxygen atoms in total. The quantitative estimate of drug-likeness (QED) is 0.191. The lowest BCUT2D eigenvalue weighted by atomic mass is 9.92. The van der Waals surface area contributed by atoms with Crippen LogP contribution in [0.5, 0.6) is 11.6 Å². The molecule has 0 spiro atoms. The number of nitrogens with zero attached hydrogens (tertiary/aromatic N) is 10. The molecule has 9 rings (SSSR count). The molecule has 3 fully saturated rings. The molecular formula is C46H56ClN11O4. The third-order valence-corrected chi connectivity index (χ3v) is 14.0. The van der Waals surface area contributed by atoms with Crippen molar-refractivity contribution in [3.63, 3.8) is 0 Å². The number of anilines is 3. The fraction of sp³-hybridized carbons (Fsp3) is 0.543. The van der Waals surface area contributed by atoms with Crippen molar-refractivity contribution in [3.8, 4) is 17.7 Å². The Balaban J connectivity index is 0.742. The van der Waals surface area contributed by atoms with Crippen LogP contribution in [-0.4, -0.2) is 112 Å². The number of carbonyl (C=O) groups excluding carboxylic acids is 2. The summed E-state index contributed by atoms with van der Waals surface area (Å²) in [5.74, 6) is 3.61. The number of fused-ring (bicyclic) bond motifs is 2. The lowest BCUT2D eigenvalue weighted by molar-refractivity contribution is -0.129. The molecule has 2 amide bonds. The van der Waals surface area contributed by atoms with Gasteiger partial charge in [0, 0.05) is 88.6 Å². The second-order valence-corrected chi connectivity index (χ2v) is 18.0. The summed E-state index contributed by atoms with van der Waals surface area (Å²) in [6, 6.07) is 13.3. The number of halogens is 1. The molecule has 1 aromatic carbocycles. The summed E-state index contributed by atoms with van der Waals surface area (Å²) in [4.78, 5) is 39.4. The van der Waals surface area contributed by atoms with E-state index in [4.69, 9.17) is 31.4 Å². The van der Waals surface area contributed by atoms with E-state index in [-0.39, 0.29) is 24.0 Å². The summed E-state index contributed by atoms with van der Waals surface area (Å²) in [6.45, 7) is 8.88. The Morgan fingerprint density at radius 2 is 1.74 bits per heavy atom. The molecule has 3 aromatic heterocycles. The van der Waals surface area contributed by atoms with E-state index in [1.165, 1.54) is 16.8 Å². The van der Waals surface area contributed by atoms with Gasteiger partial charge in [-0.2, -0.15) is 10.4 Å². The average molecular weight is 862 g/mol. The van der Waals surface area contributed by atoms with Gasteiger partial charge in [-0.25, -0.2) is 4.98 Å². The molecule has 16 heteroatoms. The summed E-state index contributed by atoms with van der Waals surface area (Å²) < 4.78 is 13.9. The summed E-state index contributed by atoms with van der Waals surface area (Å²) in [5, 5.41) is 26.8. The lowest BCUT2D eigenvalue weighted by Crippen LogP contribution is -2.42. The zero-order valence-corrected chi connectivity index (χ0v) is 36.5. The van der Waals surface area contributed by atoms with Gasteiger partial charge in [-0.05, 0) is 100.0 Å². The van der Waals surface area contributed by atoms with Gasteiger partial charge in [-0.15, -0.1) is 10.2 Å². The molecule has 62 heavy (non-hydrogen) atoms. The first-order valence-electron chi connectivity index (χ1n) is 22.4. The van der Waals surface area contributed by atoms with Crippen LogP contribution in [0.3, 0.4) is 0 Å². The minimum absolute atomic E-state index is 0.0342. The van der Waals surface area contributed by atoms with Crippen LogP contribution < -0.4 is 24.6 Å². The molecule has 2 saturated heterocycles. The Bertz CT molecular complexity index is 2290. The molecule has 0 bridgehead atoms. The Hall–Kier alpha value is -5.46. The third-order valence-electron chi connectivity index (χ3n) is 13.6. The number of piperidine rings is 2. The van der Waals surface area contributed by atoms with Crippen molar-refractivity contribution < 1.29 is 19.1 Å². The first-order chi connectivity index (χ1) is 30.2. The number of aryl methyl sites for hydroxylation is 1. The van der Waals surface area contributed by atoms with Gasteiger partial charge >= 0.3 is 0 Å². The summed E-state index contributed by atoms with van der Waals surface area (Å²) >= 11 is 6.17. The molecule has 1 aliphatic carbocycles. The number of benzene rings is 1. The van der Waals surface area contributed by atoms with E-state index in [0.29, 0.717) is 46.4 Å². The Labute approximate surface area is 368 Å². The van der Waals surface area contributed by atoms with Gasteiger partial charge in [-0.1, -0.05) is 11.6 Å². The van der Waals surface area contributed by atoms with Crippen LogP contribution in [0.4, 0.5) is 17.3 Å². The summed E-state index contributed by atoms with van der Waals surface area (Å²) in [5.41, 5.74) is 5.53. The number of likely N-dealkylation sites (tertiary alicyclic amines) is 1. The second kappa shape index (κ2) is 18.5. The summed E-state index contributed by atoms with van der Waals surface area (Å²) in [7, 11) is 1.66. The smallest absolute Gasteiger partial charge is 0.272 e.